The highest BCUT2D eigenvalue weighted by Gasteiger charge is 2.32. The first-order valence-corrected chi connectivity index (χ1v) is 8.74. The molecule has 0 saturated carbocycles. The van der Waals surface area contributed by atoms with Gasteiger partial charge in [-0.15, -0.1) is 0 Å². The molecule has 6 nitrogen and oxygen atoms in total. The summed E-state index contributed by atoms with van der Waals surface area (Å²) in [5.74, 6) is -3.45. The van der Waals surface area contributed by atoms with Gasteiger partial charge in [-0.3, -0.25) is 4.79 Å². The highest BCUT2D eigenvalue weighted by molar-refractivity contribution is 7.91. The summed E-state index contributed by atoms with van der Waals surface area (Å²) in [6.07, 6.45) is -1.04. The average Bonchev–Trinajstić information content (AvgIpc) is 2.61. The van der Waals surface area contributed by atoms with Crippen molar-refractivity contribution in [1.82, 2.24) is 0 Å². The largest absolute Gasteiger partial charge is 0.485 e. The van der Waals surface area contributed by atoms with Crippen LogP contribution in [0.25, 0.3) is 0 Å². The minimum atomic E-state index is -4.85. The molecule has 1 amide bonds. The highest BCUT2D eigenvalue weighted by atomic mass is 32.2. The van der Waals surface area contributed by atoms with Gasteiger partial charge in [-0.25, -0.2) is 8.42 Å². The van der Waals surface area contributed by atoms with Gasteiger partial charge in [0, 0.05) is 0 Å². The summed E-state index contributed by atoms with van der Waals surface area (Å²) in [6, 6.07) is 11.7. The third-order valence-corrected chi connectivity index (χ3v) is 4.93. The van der Waals surface area contributed by atoms with Gasteiger partial charge in [0.2, 0.25) is 15.9 Å². The molecule has 0 radical (unpaired) electrons. The molecule has 0 aliphatic carbocycles. The molecule has 25 heavy (non-hydrogen) atoms. The molecule has 132 valence electrons. The van der Waals surface area contributed by atoms with Crippen molar-refractivity contribution >= 4 is 21.4 Å². The van der Waals surface area contributed by atoms with Crippen LogP contribution < -0.4 is 14.8 Å². The minimum absolute atomic E-state index is 0.0907. The Morgan fingerprint density at radius 2 is 1.72 bits per heavy atom. The van der Waals surface area contributed by atoms with Crippen LogP contribution in [0.4, 0.5) is 14.5 Å². The van der Waals surface area contributed by atoms with Crippen LogP contribution in [-0.4, -0.2) is 32.8 Å². The summed E-state index contributed by atoms with van der Waals surface area (Å²) in [4.78, 5) is 11.7. The fourth-order valence-electron chi connectivity index (χ4n) is 2.28. The number of alkyl halides is 2. The first-order chi connectivity index (χ1) is 11.9. The Morgan fingerprint density at radius 3 is 2.44 bits per heavy atom. The molecule has 0 aromatic heterocycles. The summed E-state index contributed by atoms with van der Waals surface area (Å²) >= 11 is 0. The Hall–Kier alpha value is -2.68. The lowest BCUT2D eigenvalue weighted by Crippen LogP contribution is -2.40. The van der Waals surface area contributed by atoms with Gasteiger partial charge in [-0.1, -0.05) is 24.3 Å². The van der Waals surface area contributed by atoms with Crippen molar-refractivity contribution in [2.24, 2.45) is 0 Å². The van der Waals surface area contributed by atoms with Crippen molar-refractivity contribution in [1.29, 1.82) is 0 Å². The zero-order valence-electron chi connectivity index (χ0n) is 12.7. The van der Waals surface area contributed by atoms with E-state index in [9.17, 15) is 22.0 Å². The predicted octanol–water partition coefficient (Wildman–Crippen LogP) is 2.46. The van der Waals surface area contributed by atoms with Gasteiger partial charge in [0.1, 0.15) is 6.61 Å². The number of rotatable bonds is 4. The number of anilines is 1. The molecular weight excluding hydrogens is 356 g/mol. The molecule has 0 unspecified atom stereocenters. The van der Waals surface area contributed by atoms with E-state index in [2.05, 4.69) is 5.32 Å². The summed E-state index contributed by atoms with van der Waals surface area (Å²) in [5.41, 5.74) is -0.241. The average molecular weight is 369 g/mol. The Labute approximate surface area is 142 Å². The van der Waals surface area contributed by atoms with Gasteiger partial charge in [-0.2, -0.15) is 8.78 Å². The van der Waals surface area contributed by atoms with E-state index in [0.29, 0.717) is 11.5 Å². The number of hydrogen-bond donors (Lipinski definition) is 1. The van der Waals surface area contributed by atoms with E-state index in [4.69, 9.17) is 9.47 Å². The van der Waals surface area contributed by atoms with Crippen LogP contribution in [-0.2, 0) is 14.6 Å². The van der Waals surface area contributed by atoms with Crippen LogP contribution >= 0.6 is 0 Å². The number of carbonyl (C=O) groups is 1. The SMILES string of the molecule is O=C(Nc1ccccc1S(=O)(=O)C(F)F)[C@@H]1COc2ccccc2O1. The maximum Gasteiger partial charge on any atom is 0.341 e. The van der Waals surface area contributed by atoms with Crippen molar-refractivity contribution < 1.29 is 31.5 Å². The van der Waals surface area contributed by atoms with Crippen LogP contribution in [0, 0.1) is 0 Å². The molecule has 0 spiro atoms. The lowest BCUT2D eigenvalue weighted by atomic mass is 10.2. The van der Waals surface area contributed by atoms with Crippen molar-refractivity contribution in [3.8, 4) is 11.5 Å². The summed E-state index contributed by atoms with van der Waals surface area (Å²) < 4.78 is 59.9. The van der Waals surface area contributed by atoms with E-state index in [0.717, 1.165) is 6.07 Å². The number of carbonyl (C=O) groups excluding carboxylic acids is 1. The van der Waals surface area contributed by atoms with E-state index < -0.39 is 32.5 Å². The van der Waals surface area contributed by atoms with E-state index in [1.807, 2.05) is 0 Å². The van der Waals surface area contributed by atoms with Crippen LogP contribution in [0.3, 0.4) is 0 Å². The molecule has 1 aliphatic rings. The predicted molar refractivity (Wildman–Crippen MR) is 84.6 cm³/mol. The normalized spacial score (nSPS) is 16.5. The lowest BCUT2D eigenvalue weighted by Gasteiger charge is -2.25. The topological polar surface area (TPSA) is 81.7 Å². The number of sulfone groups is 1. The Kier molecular flexibility index (Phi) is 4.58. The first kappa shape index (κ1) is 17.2. The molecule has 2 aromatic rings. The second kappa shape index (κ2) is 6.67. The Balaban J connectivity index is 1.81. The fraction of sp³-hybridized carbons (Fsp3) is 0.188. The van der Waals surface area contributed by atoms with Crippen LogP contribution in [0.15, 0.2) is 53.4 Å². The van der Waals surface area contributed by atoms with E-state index >= 15 is 0 Å². The van der Waals surface area contributed by atoms with Crippen molar-refractivity contribution in [3.63, 3.8) is 0 Å². The number of hydrogen-bond acceptors (Lipinski definition) is 5. The molecule has 9 heteroatoms. The third-order valence-electron chi connectivity index (χ3n) is 3.49. The maximum atomic E-state index is 12.8. The van der Waals surface area contributed by atoms with E-state index in [-0.39, 0.29) is 12.3 Å². The number of para-hydroxylation sites is 3. The van der Waals surface area contributed by atoms with Crippen molar-refractivity contribution in [3.05, 3.63) is 48.5 Å². The number of nitrogens with one attached hydrogen (secondary N) is 1. The Morgan fingerprint density at radius 1 is 1.08 bits per heavy atom. The van der Waals surface area contributed by atoms with Crippen molar-refractivity contribution in [2.75, 3.05) is 11.9 Å². The molecular formula is C16H13F2NO5S. The van der Waals surface area contributed by atoms with Gasteiger partial charge >= 0.3 is 5.76 Å². The fourth-order valence-corrected chi connectivity index (χ4v) is 3.16. The number of halogens is 2. The molecule has 2 aromatic carbocycles. The van der Waals surface area contributed by atoms with Gasteiger partial charge < -0.3 is 14.8 Å². The monoisotopic (exact) mass is 369 g/mol. The molecule has 0 fully saturated rings. The third kappa shape index (κ3) is 3.41. The smallest absolute Gasteiger partial charge is 0.341 e. The lowest BCUT2D eigenvalue weighted by molar-refractivity contribution is -0.125. The minimum Gasteiger partial charge on any atom is -0.485 e. The standard InChI is InChI=1S/C16H13F2NO5S/c17-16(18)25(21,22)14-8-4-1-5-10(14)19-15(20)13-9-23-11-6-2-3-7-12(11)24-13/h1-8,13,16H,9H2,(H,19,20)/t13-/m0/s1. The van der Waals surface area contributed by atoms with Gasteiger partial charge in [-0.05, 0) is 24.3 Å². The molecule has 1 heterocycles. The molecule has 1 N–H and O–H groups in total. The summed E-state index contributed by atoms with van der Waals surface area (Å²) in [5, 5.41) is 2.32. The van der Waals surface area contributed by atoms with Crippen LogP contribution in [0.5, 0.6) is 11.5 Å². The summed E-state index contributed by atoms with van der Waals surface area (Å²) in [6.45, 7) is -0.0907. The zero-order valence-corrected chi connectivity index (χ0v) is 13.5. The van der Waals surface area contributed by atoms with E-state index in [1.54, 1.807) is 24.3 Å². The van der Waals surface area contributed by atoms with Gasteiger partial charge in [0.15, 0.2) is 11.5 Å². The molecule has 1 atom stereocenters. The second-order valence-corrected chi connectivity index (χ2v) is 7.04. The second-order valence-electron chi connectivity index (χ2n) is 5.16. The number of ether oxygens (including phenoxy) is 2. The van der Waals surface area contributed by atoms with Gasteiger partial charge in [0.25, 0.3) is 5.91 Å². The number of fused-ring (bicyclic) bond motifs is 1. The highest BCUT2D eigenvalue weighted by Crippen LogP contribution is 2.32. The first-order valence-electron chi connectivity index (χ1n) is 7.20. The molecule has 3 rings (SSSR count). The molecule has 0 saturated heterocycles. The number of amides is 1. The molecule has 0 bridgehead atoms. The number of benzene rings is 2. The zero-order chi connectivity index (χ0) is 18.0. The van der Waals surface area contributed by atoms with Crippen LogP contribution in [0.2, 0.25) is 0 Å². The summed E-state index contributed by atoms with van der Waals surface area (Å²) in [7, 11) is -4.85. The Bertz CT molecular complexity index is 901. The maximum absolute atomic E-state index is 12.8. The van der Waals surface area contributed by atoms with Crippen molar-refractivity contribution in [2.45, 2.75) is 16.8 Å². The molecule has 1 aliphatic heterocycles. The quantitative estimate of drug-likeness (QED) is 0.895. The van der Waals surface area contributed by atoms with Crippen LogP contribution in [0.1, 0.15) is 0 Å². The van der Waals surface area contributed by atoms with E-state index in [1.165, 1.54) is 18.2 Å². The van der Waals surface area contributed by atoms with Gasteiger partial charge in [0.05, 0.1) is 10.6 Å².